The van der Waals surface area contributed by atoms with Crippen LogP contribution in [-0.4, -0.2) is 29.5 Å². The first-order valence-corrected chi connectivity index (χ1v) is 8.91. The third-order valence-corrected chi connectivity index (χ3v) is 4.91. The number of thiazole rings is 1. The lowest BCUT2D eigenvalue weighted by Crippen LogP contribution is -2.37. The number of benzene rings is 1. The largest absolute Gasteiger partial charge is 0.358 e. The molecule has 0 saturated heterocycles. The molecule has 6 heteroatoms. The minimum Gasteiger partial charge on any atom is -0.358 e. The zero-order chi connectivity index (χ0) is 16.9. The van der Waals surface area contributed by atoms with Crippen LogP contribution in [0.5, 0.6) is 0 Å². The number of nitrogens with zero attached hydrogens (tertiary/aromatic N) is 2. The van der Waals surface area contributed by atoms with Crippen molar-refractivity contribution >= 4 is 28.2 Å². The molecule has 0 aliphatic carbocycles. The van der Waals surface area contributed by atoms with Gasteiger partial charge >= 0.3 is 0 Å². The number of nitrogens with one attached hydrogen (secondary N) is 3. The summed E-state index contributed by atoms with van der Waals surface area (Å²) in [4.78, 5) is 13.3. The van der Waals surface area contributed by atoms with E-state index < -0.39 is 0 Å². The zero-order valence-electron chi connectivity index (χ0n) is 14.3. The van der Waals surface area contributed by atoms with Gasteiger partial charge in [-0.1, -0.05) is 18.2 Å². The van der Waals surface area contributed by atoms with Crippen molar-refractivity contribution in [3.63, 3.8) is 0 Å². The van der Waals surface area contributed by atoms with Gasteiger partial charge in [0, 0.05) is 41.3 Å². The molecule has 1 aromatic carbocycles. The Morgan fingerprint density at radius 2 is 2.08 bits per heavy atom. The number of hydrogen-bond donors (Lipinski definition) is 3. The van der Waals surface area contributed by atoms with Crippen LogP contribution >= 0.6 is 11.3 Å². The fraction of sp³-hybridized carbons (Fsp3) is 0.333. The van der Waals surface area contributed by atoms with E-state index in [0.29, 0.717) is 6.54 Å². The molecular formula is C18H23N5S. The predicted molar refractivity (Wildman–Crippen MR) is 102 cm³/mol. The van der Waals surface area contributed by atoms with Crippen molar-refractivity contribution in [1.82, 2.24) is 20.6 Å². The fourth-order valence-corrected chi connectivity index (χ4v) is 3.55. The van der Waals surface area contributed by atoms with Crippen LogP contribution in [0.1, 0.15) is 21.1 Å². The van der Waals surface area contributed by atoms with Crippen LogP contribution < -0.4 is 10.6 Å². The summed E-state index contributed by atoms with van der Waals surface area (Å²) in [5.41, 5.74) is 3.80. The Balaban J connectivity index is 1.55. The Morgan fingerprint density at radius 3 is 2.83 bits per heavy atom. The van der Waals surface area contributed by atoms with E-state index in [1.807, 2.05) is 6.20 Å². The van der Waals surface area contributed by atoms with Gasteiger partial charge in [0.1, 0.15) is 5.01 Å². The highest BCUT2D eigenvalue weighted by Gasteiger charge is 2.08. The summed E-state index contributed by atoms with van der Waals surface area (Å²) >= 11 is 1.70. The molecule has 2 aromatic heterocycles. The third kappa shape index (κ3) is 3.76. The summed E-state index contributed by atoms with van der Waals surface area (Å²) in [6.45, 7) is 5.73. The molecule has 24 heavy (non-hydrogen) atoms. The van der Waals surface area contributed by atoms with E-state index in [1.165, 1.54) is 27.0 Å². The Bertz CT molecular complexity index is 846. The van der Waals surface area contributed by atoms with Crippen molar-refractivity contribution in [1.29, 1.82) is 0 Å². The number of rotatable bonds is 5. The Hall–Kier alpha value is -2.34. The summed E-state index contributed by atoms with van der Waals surface area (Å²) in [5, 5.41) is 9.06. The summed E-state index contributed by atoms with van der Waals surface area (Å²) in [6, 6.07) is 8.44. The minimum atomic E-state index is 0.699. The van der Waals surface area contributed by atoms with E-state index in [4.69, 9.17) is 0 Å². The van der Waals surface area contributed by atoms with Crippen LogP contribution in [0.25, 0.3) is 10.9 Å². The quantitative estimate of drug-likeness (QED) is 0.493. The van der Waals surface area contributed by atoms with Gasteiger partial charge < -0.3 is 15.6 Å². The highest BCUT2D eigenvalue weighted by atomic mass is 32.1. The Labute approximate surface area is 146 Å². The van der Waals surface area contributed by atoms with Gasteiger partial charge in [-0.3, -0.25) is 4.99 Å². The van der Waals surface area contributed by atoms with E-state index in [2.05, 4.69) is 63.7 Å². The number of aromatic nitrogens is 2. The van der Waals surface area contributed by atoms with E-state index >= 15 is 0 Å². The maximum Gasteiger partial charge on any atom is 0.191 e. The van der Waals surface area contributed by atoms with Gasteiger partial charge in [-0.2, -0.15) is 0 Å². The second kappa shape index (κ2) is 7.49. The molecule has 0 bridgehead atoms. The number of guanidine groups is 1. The van der Waals surface area contributed by atoms with Crippen molar-refractivity contribution < 1.29 is 0 Å². The van der Waals surface area contributed by atoms with Crippen LogP contribution in [0, 0.1) is 13.8 Å². The number of fused-ring (bicyclic) bond motifs is 1. The average Bonchev–Trinajstić information content (AvgIpc) is 3.14. The minimum absolute atomic E-state index is 0.699. The van der Waals surface area contributed by atoms with Crippen molar-refractivity contribution in [2.45, 2.75) is 26.8 Å². The number of H-pyrrole nitrogens is 1. The Morgan fingerprint density at radius 1 is 1.25 bits per heavy atom. The molecule has 0 amide bonds. The topological polar surface area (TPSA) is 65.1 Å². The molecule has 3 rings (SSSR count). The van der Waals surface area contributed by atoms with Gasteiger partial charge in [-0.25, -0.2) is 4.98 Å². The summed E-state index contributed by atoms with van der Waals surface area (Å²) < 4.78 is 0. The molecule has 0 aliphatic heterocycles. The lowest BCUT2D eigenvalue weighted by Gasteiger charge is -2.11. The molecule has 0 atom stereocenters. The van der Waals surface area contributed by atoms with E-state index in [1.54, 1.807) is 18.4 Å². The standard InChI is InChI=1S/C18H23N5S/c1-12-10-21-17(24-12)11-22-18(19-3)20-9-8-14-13(2)23-16-7-5-4-6-15(14)16/h4-7,10,23H,8-9,11H2,1-3H3,(H2,19,20,22). The molecule has 3 aromatic rings. The third-order valence-electron chi connectivity index (χ3n) is 3.99. The zero-order valence-corrected chi connectivity index (χ0v) is 15.1. The van der Waals surface area contributed by atoms with Crippen LogP contribution in [0.2, 0.25) is 0 Å². The van der Waals surface area contributed by atoms with Gasteiger partial charge in [0.05, 0.1) is 6.54 Å². The first-order valence-electron chi connectivity index (χ1n) is 8.09. The number of aliphatic imine (C=N–C) groups is 1. The van der Waals surface area contributed by atoms with Crippen molar-refractivity contribution in [2.24, 2.45) is 4.99 Å². The Kier molecular flexibility index (Phi) is 5.15. The lowest BCUT2D eigenvalue weighted by atomic mass is 10.1. The maximum atomic E-state index is 4.36. The van der Waals surface area contributed by atoms with Crippen LogP contribution in [0.3, 0.4) is 0 Å². The molecule has 126 valence electrons. The fourth-order valence-electron chi connectivity index (χ4n) is 2.83. The van der Waals surface area contributed by atoms with E-state index in [-0.39, 0.29) is 0 Å². The maximum absolute atomic E-state index is 4.36. The normalized spacial score (nSPS) is 11.9. The number of para-hydroxylation sites is 1. The molecule has 3 N–H and O–H groups in total. The molecule has 0 saturated carbocycles. The molecule has 0 radical (unpaired) electrons. The molecule has 0 fully saturated rings. The highest BCUT2D eigenvalue weighted by molar-refractivity contribution is 7.11. The van der Waals surface area contributed by atoms with Gasteiger partial charge in [0.2, 0.25) is 0 Å². The molecular weight excluding hydrogens is 318 g/mol. The van der Waals surface area contributed by atoms with Crippen LogP contribution in [0.4, 0.5) is 0 Å². The monoisotopic (exact) mass is 341 g/mol. The first-order chi connectivity index (χ1) is 11.7. The number of aromatic amines is 1. The van der Waals surface area contributed by atoms with Crippen LogP contribution in [-0.2, 0) is 13.0 Å². The smallest absolute Gasteiger partial charge is 0.191 e. The second-order valence-electron chi connectivity index (χ2n) is 5.74. The van der Waals surface area contributed by atoms with Crippen molar-refractivity contribution in [3.8, 4) is 0 Å². The van der Waals surface area contributed by atoms with Gasteiger partial charge in [-0.05, 0) is 31.9 Å². The molecule has 2 heterocycles. The molecule has 5 nitrogen and oxygen atoms in total. The van der Waals surface area contributed by atoms with Gasteiger partial charge in [0.15, 0.2) is 5.96 Å². The summed E-state index contributed by atoms with van der Waals surface area (Å²) in [7, 11) is 1.79. The predicted octanol–water partition coefficient (Wildman–Crippen LogP) is 3.15. The summed E-state index contributed by atoms with van der Waals surface area (Å²) in [5.74, 6) is 0.806. The molecule has 0 aliphatic rings. The van der Waals surface area contributed by atoms with Crippen molar-refractivity contribution in [2.75, 3.05) is 13.6 Å². The van der Waals surface area contributed by atoms with Gasteiger partial charge in [-0.15, -0.1) is 11.3 Å². The highest BCUT2D eigenvalue weighted by Crippen LogP contribution is 2.21. The van der Waals surface area contributed by atoms with E-state index in [0.717, 1.165) is 23.9 Å². The van der Waals surface area contributed by atoms with Gasteiger partial charge in [0.25, 0.3) is 0 Å². The molecule has 0 unspecified atom stereocenters. The summed E-state index contributed by atoms with van der Waals surface area (Å²) in [6.07, 6.45) is 2.85. The molecule has 0 spiro atoms. The number of aryl methyl sites for hydroxylation is 2. The number of hydrogen-bond acceptors (Lipinski definition) is 3. The second-order valence-corrected chi connectivity index (χ2v) is 7.06. The SMILES string of the molecule is CN=C(NCCc1c(C)[nH]c2ccccc12)NCc1ncc(C)s1. The van der Waals surface area contributed by atoms with Crippen molar-refractivity contribution in [3.05, 3.63) is 51.6 Å². The van der Waals surface area contributed by atoms with E-state index in [9.17, 15) is 0 Å². The van der Waals surface area contributed by atoms with Crippen LogP contribution in [0.15, 0.2) is 35.5 Å². The lowest BCUT2D eigenvalue weighted by molar-refractivity contribution is 0.791. The first kappa shape index (κ1) is 16.5. The average molecular weight is 341 g/mol.